The Hall–Kier alpha value is -1.25. The Labute approximate surface area is 95.7 Å². The van der Waals surface area contributed by atoms with Crippen molar-refractivity contribution in [2.24, 2.45) is 0 Å². The lowest BCUT2D eigenvalue weighted by atomic mass is 9.79. The van der Waals surface area contributed by atoms with Crippen LogP contribution in [0.15, 0.2) is 18.2 Å². The number of methoxy groups -OCH3 is 1. The minimum absolute atomic E-state index is 0.157. The molecule has 0 saturated heterocycles. The van der Waals surface area contributed by atoms with Gasteiger partial charge in [-0.1, -0.05) is 12.1 Å². The summed E-state index contributed by atoms with van der Waals surface area (Å²) in [6.07, 6.45) is -4.52. The first-order valence-corrected chi connectivity index (χ1v) is 4.55. The van der Waals surface area contributed by atoms with Crippen LogP contribution in [-0.2, 0) is 10.9 Å². The highest BCUT2D eigenvalue weighted by molar-refractivity contribution is 6.59. The molecule has 4 nitrogen and oxygen atoms in total. The van der Waals surface area contributed by atoms with Crippen molar-refractivity contribution in [2.75, 3.05) is 13.9 Å². The summed E-state index contributed by atoms with van der Waals surface area (Å²) in [6, 6.07) is 2.38. The maximum atomic E-state index is 12.4. The van der Waals surface area contributed by atoms with E-state index in [0.29, 0.717) is 6.07 Å². The number of benzene rings is 1. The Morgan fingerprint density at radius 2 is 1.94 bits per heavy atom. The molecule has 1 aromatic rings. The Morgan fingerprint density at radius 1 is 1.29 bits per heavy atom. The molecular formula is C9H10BF3O4. The summed E-state index contributed by atoms with van der Waals surface area (Å²) in [5, 5.41) is 17.9. The van der Waals surface area contributed by atoms with E-state index in [1.807, 2.05) is 0 Å². The van der Waals surface area contributed by atoms with Crippen LogP contribution in [0.5, 0.6) is 5.75 Å². The van der Waals surface area contributed by atoms with Crippen molar-refractivity contribution in [3.63, 3.8) is 0 Å². The molecule has 0 aromatic heterocycles. The first kappa shape index (κ1) is 13.8. The minimum atomic E-state index is -4.52. The predicted octanol–water partition coefficient (Wildman–Crippen LogP) is 0.368. The van der Waals surface area contributed by atoms with Crippen molar-refractivity contribution in [1.82, 2.24) is 0 Å². The molecule has 0 saturated carbocycles. The molecule has 0 unspecified atom stereocenters. The maximum Gasteiger partial charge on any atom is 0.492 e. The van der Waals surface area contributed by atoms with E-state index >= 15 is 0 Å². The van der Waals surface area contributed by atoms with Gasteiger partial charge in [0, 0.05) is 12.6 Å². The topological polar surface area (TPSA) is 58.9 Å². The fourth-order valence-electron chi connectivity index (χ4n) is 1.17. The van der Waals surface area contributed by atoms with Crippen LogP contribution in [0.1, 0.15) is 5.56 Å². The van der Waals surface area contributed by atoms with E-state index in [4.69, 9.17) is 14.8 Å². The average Bonchev–Trinajstić information content (AvgIpc) is 2.24. The quantitative estimate of drug-likeness (QED) is 0.598. The summed E-state index contributed by atoms with van der Waals surface area (Å²) in [5.74, 6) is -0.281. The molecule has 8 heteroatoms. The minimum Gasteiger partial charge on any atom is -0.468 e. The molecule has 94 valence electrons. The highest BCUT2D eigenvalue weighted by Crippen LogP contribution is 2.30. The zero-order chi connectivity index (χ0) is 13.1. The van der Waals surface area contributed by atoms with E-state index in [-0.39, 0.29) is 18.0 Å². The number of ether oxygens (including phenoxy) is 2. The molecule has 0 radical (unpaired) electrons. The summed E-state index contributed by atoms with van der Waals surface area (Å²) in [4.78, 5) is 0. The molecule has 0 spiro atoms. The summed E-state index contributed by atoms with van der Waals surface area (Å²) >= 11 is 0. The molecule has 2 N–H and O–H groups in total. The van der Waals surface area contributed by atoms with Crippen LogP contribution in [0.2, 0.25) is 0 Å². The lowest BCUT2D eigenvalue weighted by Crippen LogP contribution is -2.32. The van der Waals surface area contributed by atoms with Crippen LogP contribution in [0.25, 0.3) is 0 Å². The van der Waals surface area contributed by atoms with Crippen molar-refractivity contribution in [2.45, 2.75) is 6.18 Å². The molecule has 0 aliphatic heterocycles. The number of halogens is 3. The SMILES string of the molecule is COCOc1cc(C(F)(F)F)ccc1B(O)O. The third kappa shape index (κ3) is 3.62. The molecule has 0 amide bonds. The second kappa shape index (κ2) is 5.39. The molecule has 0 atom stereocenters. The number of rotatable bonds is 4. The van der Waals surface area contributed by atoms with Gasteiger partial charge in [0.15, 0.2) is 6.79 Å². The van der Waals surface area contributed by atoms with Gasteiger partial charge in [-0.2, -0.15) is 13.2 Å². The summed E-state index contributed by atoms with van der Waals surface area (Å²) < 4.78 is 46.6. The molecule has 1 rings (SSSR count). The van der Waals surface area contributed by atoms with Gasteiger partial charge in [-0.15, -0.1) is 0 Å². The highest BCUT2D eigenvalue weighted by atomic mass is 19.4. The van der Waals surface area contributed by atoms with Gasteiger partial charge in [0.05, 0.1) is 5.56 Å². The average molecular weight is 250 g/mol. The number of hydrogen-bond donors (Lipinski definition) is 2. The van der Waals surface area contributed by atoms with Crippen LogP contribution < -0.4 is 10.2 Å². The summed E-state index contributed by atoms with van der Waals surface area (Å²) in [5.41, 5.74) is -1.09. The zero-order valence-corrected chi connectivity index (χ0v) is 8.86. The normalized spacial score (nSPS) is 11.4. The van der Waals surface area contributed by atoms with Crippen LogP contribution >= 0.6 is 0 Å². The van der Waals surface area contributed by atoms with Crippen molar-refractivity contribution in [1.29, 1.82) is 0 Å². The Kier molecular flexibility index (Phi) is 4.38. The Bertz CT molecular complexity index is 381. The third-order valence-electron chi connectivity index (χ3n) is 1.95. The van der Waals surface area contributed by atoms with Crippen molar-refractivity contribution >= 4 is 12.6 Å². The van der Waals surface area contributed by atoms with E-state index in [1.54, 1.807) is 0 Å². The van der Waals surface area contributed by atoms with Gasteiger partial charge in [-0.3, -0.25) is 0 Å². The molecule has 0 aliphatic carbocycles. The first-order valence-electron chi connectivity index (χ1n) is 4.55. The van der Waals surface area contributed by atoms with Gasteiger partial charge in [-0.25, -0.2) is 0 Å². The van der Waals surface area contributed by atoms with Crippen LogP contribution in [0.4, 0.5) is 13.2 Å². The summed E-state index contributed by atoms with van der Waals surface area (Å²) in [7, 11) is -0.619. The van der Waals surface area contributed by atoms with Crippen molar-refractivity contribution in [3.05, 3.63) is 23.8 Å². The lowest BCUT2D eigenvalue weighted by Gasteiger charge is -2.13. The van der Waals surface area contributed by atoms with E-state index in [2.05, 4.69) is 4.74 Å². The van der Waals surface area contributed by atoms with Crippen LogP contribution in [0, 0.1) is 0 Å². The third-order valence-corrected chi connectivity index (χ3v) is 1.95. The molecule has 0 heterocycles. The van der Waals surface area contributed by atoms with E-state index < -0.39 is 18.9 Å². The van der Waals surface area contributed by atoms with Gasteiger partial charge in [0.2, 0.25) is 0 Å². The number of hydrogen-bond acceptors (Lipinski definition) is 4. The number of alkyl halides is 3. The van der Waals surface area contributed by atoms with Crippen LogP contribution in [0.3, 0.4) is 0 Å². The predicted molar refractivity (Wildman–Crippen MR) is 53.8 cm³/mol. The second-order valence-corrected chi connectivity index (χ2v) is 3.17. The first-order chi connectivity index (χ1) is 7.86. The molecular weight excluding hydrogens is 240 g/mol. The summed E-state index contributed by atoms with van der Waals surface area (Å²) in [6.45, 7) is -0.291. The van der Waals surface area contributed by atoms with Crippen LogP contribution in [-0.4, -0.2) is 31.1 Å². The van der Waals surface area contributed by atoms with Gasteiger partial charge in [-0.05, 0) is 6.07 Å². The smallest absolute Gasteiger partial charge is 0.468 e. The maximum absolute atomic E-state index is 12.4. The highest BCUT2D eigenvalue weighted by Gasteiger charge is 2.32. The molecule has 17 heavy (non-hydrogen) atoms. The zero-order valence-electron chi connectivity index (χ0n) is 8.86. The van der Waals surface area contributed by atoms with Crippen molar-refractivity contribution < 1.29 is 32.7 Å². The largest absolute Gasteiger partial charge is 0.492 e. The molecule has 1 aromatic carbocycles. The van der Waals surface area contributed by atoms with Gasteiger partial charge < -0.3 is 19.5 Å². The van der Waals surface area contributed by atoms with E-state index in [9.17, 15) is 13.2 Å². The molecule has 0 fully saturated rings. The van der Waals surface area contributed by atoms with Gasteiger partial charge >= 0.3 is 13.3 Å². The lowest BCUT2D eigenvalue weighted by molar-refractivity contribution is -0.137. The van der Waals surface area contributed by atoms with E-state index in [0.717, 1.165) is 12.1 Å². The standard InChI is InChI=1S/C9H10BF3O4/c1-16-5-17-8-4-6(9(11,12)13)2-3-7(8)10(14)15/h2-4,14-15H,5H2,1H3. The van der Waals surface area contributed by atoms with Gasteiger partial charge in [0.25, 0.3) is 0 Å². The van der Waals surface area contributed by atoms with Crippen molar-refractivity contribution in [3.8, 4) is 5.75 Å². The fraction of sp³-hybridized carbons (Fsp3) is 0.333. The van der Waals surface area contributed by atoms with E-state index in [1.165, 1.54) is 7.11 Å². The fourth-order valence-corrected chi connectivity index (χ4v) is 1.17. The second-order valence-electron chi connectivity index (χ2n) is 3.17. The Morgan fingerprint density at radius 3 is 2.41 bits per heavy atom. The molecule has 0 aliphatic rings. The Balaban J connectivity index is 3.10. The van der Waals surface area contributed by atoms with Gasteiger partial charge in [0.1, 0.15) is 5.75 Å². The monoisotopic (exact) mass is 250 g/mol. The molecule has 0 bridgehead atoms.